The van der Waals surface area contributed by atoms with Crippen LogP contribution >= 0.6 is 0 Å². The molecule has 0 aromatic heterocycles. The Bertz CT molecular complexity index is 766. The fraction of sp³-hybridized carbons (Fsp3) is 0.111. The molecule has 0 aliphatic carbocycles. The normalized spacial score (nSPS) is 10.0. The van der Waals surface area contributed by atoms with Gasteiger partial charge >= 0.3 is 5.97 Å². The minimum atomic E-state index is -0.600. The number of hydrogen-bond donors (Lipinski definition) is 2. The molecule has 0 saturated heterocycles. The van der Waals surface area contributed by atoms with E-state index in [9.17, 15) is 14.7 Å². The summed E-state index contributed by atoms with van der Waals surface area (Å²) in [6.07, 6.45) is 0. The fourth-order valence-corrected chi connectivity index (χ4v) is 2.20. The zero-order chi connectivity index (χ0) is 17.0. The summed E-state index contributed by atoms with van der Waals surface area (Å²) in [6, 6.07) is 11.9. The van der Waals surface area contributed by atoms with Crippen LogP contribution < -0.4 is 5.32 Å². The SMILES string of the molecule is C=C(c1ccccc1)c1cc(C(=O)OC)cc(C(=O)NC)c1O. The molecule has 2 rings (SSSR count). The third kappa shape index (κ3) is 3.23. The van der Waals surface area contributed by atoms with Gasteiger partial charge < -0.3 is 15.2 Å². The Labute approximate surface area is 134 Å². The van der Waals surface area contributed by atoms with Crippen molar-refractivity contribution in [3.63, 3.8) is 0 Å². The Morgan fingerprint density at radius 1 is 1.09 bits per heavy atom. The molecule has 0 fully saturated rings. The summed E-state index contributed by atoms with van der Waals surface area (Å²) in [4.78, 5) is 23.8. The van der Waals surface area contributed by atoms with E-state index in [2.05, 4.69) is 11.9 Å². The lowest BCUT2D eigenvalue weighted by Crippen LogP contribution is -2.19. The molecular weight excluding hydrogens is 294 g/mol. The molecule has 2 aromatic carbocycles. The highest BCUT2D eigenvalue weighted by atomic mass is 16.5. The van der Waals surface area contributed by atoms with Gasteiger partial charge in [0.25, 0.3) is 5.91 Å². The Morgan fingerprint density at radius 2 is 1.70 bits per heavy atom. The Balaban J connectivity index is 2.64. The van der Waals surface area contributed by atoms with Crippen LogP contribution in [0.1, 0.15) is 31.8 Å². The molecule has 0 spiro atoms. The quantitative estimate of drug-likeness (QED) is 0.851. The molecule has 118 valence electrons. The number of carbonyl (C=O) groups is 2. The minimum Gasteiger partial charge on any atom is -0.506 e. The fourth-order valence-electron chi connectivity index (χ4n) is 2.20. The lowest BCUT2D eigenvalue weighted by Gasteiger charge is -2.14. The minimum absolute atomic E-state index is 0.0116. The van der Waals surface area contributed by atoms with Gasteiger partial charge in [0.15, 0.2) is 0 Å². The van der Waals surface area contributed by atoms with Crippen molar-refractivity contribution in [2.45, 2.75) is 0 Å². The standard InChI is InChI=1S/C18H17NO4/c1-11(12-7-5-4-6-8-12)14-9-13(18(22)23-3)10-15(16(14)20)17(21)19-2/h4-10,20H,1H2,2-3H3,(H,19,21). The number of esters is 1. The van der Waals surface area contributed by atoms with Crippen molar-refractivity contribution in [2.24, 2.45) is 0 Å². The average molecular weight is 311 g/mol. The van der Waals surface area contributed by atoms with Crippen LogP contribution in [0.2, 0.25) is 0 Å². The predicted octanol–water partition coefficient (Wildman–Crippen LogP) is 2.60. The van der Waals surface area contributed by atoms with Crippen LogP contribution in [0.4, 0.5) is 0 Å². The van der Waals surface area contributed by atoms with E-state index < -0.39 is 11.9 Å². The van der Waals surface area contributed by atoms with Crippen molar-refractivity contribution in [1.29, 1.82) is 0 Å². The molecule has 5 nitrogen and oxygen atoms in total. The number of phenolic OH excluding ortho intramolecular Hbond substituents is 1. The maximum atomic E-state index is 12.0. The van der Waals surface area contributed by atoms with E-state index in [4.69, 9.17) is 4.74 Å². The molecule has 0 saturated carbocycles. The maximum absolute atomic E-state index is 12.0. The smallest absolute Gasteiger partial charge is 0.337 e. The van der Waals surface area contributed by atoms with Gasteiger partial charge in [0.1, 0.15) is 5.75 Å². The zero-order valence-electron chi connectivity index (χ0n) is 12.9. The van der Waals surface area contributed by atoms with E-state index >= 15 is 0 Å². The van der Waals surface area contributed by atoms with E-state index in [0.717, 1.165) is 5.56 Å². The number of hydrogen-bond acceptors (Lipinski definition) is 4. The number of amides is 1. The molecule has 1 amide bonds. The summed E-state index contributed by atoms with van der Waals surface area (Å²) >= 11 is 0. The lowest BCUT2D eigenvalue weighted by molar-refractivity contribution is 0.0600. The van der Waals surface area contributed by atoms with Crippen LogP contribution in [-0.4, -0.2) is 31.1 Å². The van der Waals surface area contributed by atoms with Crippen LogP contribution in [0, 0.1) is 0 Å². The number of aromatic hydroxyl groups is 1. The van der Waals surface area contributed by atoms with Gasteiger partial charge in [-0.05, 0) is 23.3 Å². The van der Waals surface area contributed by atoms with Crippen LogP contribution in [-0.2, 0) is 4.74 Å². The lowest BCUT2D eigenvalue weighted by atomic mass is 9.94. The predicted molar refractivity (Wildman–Crippen MR) is 87.4 cm³/mol. The molecule has 0 atom stereocenters. The largest absolute Gasteiger partial charge is 0.506 e. The van der Waals surface area contributed by atoms with E-state index in [1.165, 1.54) is 26.3 Å². The van der Waals surface area contributed by atoms with Crippen LogP contribution in [0.3, 0.4) is 0 Å². The highest BCUT2D eigenvalue weighted by Crippen LogP contribution is 2.33. The topological polar surface area (TPSA) is 75.6 Å². The average Bonchev–Trinajstić information content (AvgIpc) is 2.60. The van der Waals surface area contributed by atoms with E-state index in [0.29, 0.717) is 11.1 Å². The molecule has 5 heteroatoms. The Morgan fingerprint density at radius 3 is 2.26 bits per heavy atom. The number of methoxy groups -OCH3 is 1. The summed E-state index contributed by atoms with van der Waals surface area (Å²) in [5.41, 5.74) is 1.72. The molecule has 0 heterocycles. The van der Waals surface area contributed by atoms with Gasteiger partial charge in [0.2, 0.25) is 0 Å². The van der Waals surface area contributed by atoms with E-state index in [-0.39, 0.29) is 16.9 Å². The molecule has 0 aliphatic rings. The van der Waals surface area contributed by atoms with Crippen LogP contribution in [0.5, 0.6) is 5.75 Å². The second-order valence-electron chi connectivity index (χ2n) is 4.84. The number of phenols is 1. The first-order chi connectivity index (χ1) is 11.0. The van der Waals surface area contributed by atoms with Gasteiger partial charge in [-0.3, -0.25) is 4.79 Å². The second kappa shape index (κ2) is 6.79. The molecule has 0 aliphatic heterocycles. The summed E-state index contributed by atoms with van der Waals surface area (Å²) in [5, 5.41) is 12.9. The van der Waals surface area contributed by atoms with Gasteiger partial charge in [0, 0.05) is 12.6 Å². The summed E-state index contributed by atoms with van der Waals surface area (Å²) in [6.45, 7) is 3.96. The van der Waals surface area contributed by atoms with Crippen molar-refractivity contribution in [3.8, 4) is 5.75 Å². The highest BCUT2D eigenvalue weighted by Gasteiger charge is 2.20. The molecule has 2 N–H and O–H groups in total. The third-order valence-electron chi connectivity index (χ3n) is 3.45. The Kier molecular flexibility index (Phi) is 4.81. The molecule has 0 unspecified atom stereocenters. The van der Waals surface area contributed by atoms with Crippen molar-refractivity contribution in [2.75, 3.05) is 14.2 Å². The number of rotatable bonds is 4. The molecular formula is C18H17NO4. The molecule has 0 bridgehead atoms. The maximum Gasteiger partial charge on any atom is 0.337 e. The summed E-state index contributed by atoms with van der Waals surface area (Å²) in [7, 11) is 2.69. The number of benzene rings is 2. The molecule has 23 heavy (non-hydrogen) atoms. The zero-order valence-corrected chi connectivity index (χ0v) is 12.9. The third-order valence-corrected chi connectivity index (χ3v) is 3.45. The van der Waals surface area contributed by atoms with Gasteiger partial charge in [-0.1, -0.05) is 36.9 Å². The van der Waals surface area contributed by atoms with Gasteiger partial charge in [-0.2, -0.15) is 0 Å². The van der Waals surface area contributed by atoms with Crippen molar-refractivity contribution in [1.82, 2.24) is 5.32 Å². The summed E-state index contributed by atoms with van der Waals surface area (Å²) < 4.78 is 4.70. The monoisotopic (exact) mass is 311 g/mol. The second-order valence-corrected chi connectivity index (χ2v) is 4.84. The van der Waals surface area contributed by atoms with Gasteiger partial charge in [-0.15, -0.1) is 0 Å². The number of carbonyl (C=O) groups excluding carboxylic acids is 2. The first kappa shape index (κ1) is 16.3. The van der Waals surface area contributed by atoms with E-state index in [1.54, 1.807) is 0 Å². The first-order valence-electron chi connectivity index (χ1n) is 6.91. The van der Waals surface area contributed by atoms with Crippen LogP contribution in [0.25, 0.3) is 5.57 Å². The number of ether oxygens (including phenoxy) is 1. The molecule has 2 aromatic rings. The highest BCUT2D eigenvalue weighted by molar-refractivity contribution is 6.02. The van der Waals surface area contributed by atoms with Crippen molar-refractivity contribution >= 4 is 17.4 Å². The first-order valence-corrected chi connectivity index (χ1v) is 6.91. The van der Waals surface area contributed by atoms with E-state index in [1.807, 2.05) is 30.3 Å². The van der Waals surface area contributed by atoms with Crippen molar-refractivity contribution in [3.05, 3.63) is 71.3 Å². The van der Waals surface area contributed by atoms with Gasteiger partial charge in [0.05, 0.1) is 18.2 Å². The van der Waals surface area contributed by atoms with Gasteiger partial charge in [-0.25, -0.2) is 4.79 Å². The van der Waals surface area contributed by atoms with Crippen LogP contribution in [0.15, 0.2) is 49.0 Å². The van der Waals surface area contributed by atoms with Crippen molar-refractivity contribution < 1.29 is 19.4 Å². The number of nitrogens with one attached hydrogen (secondary N) is 1. The Hall–Kier alpha value is -3.08. The summed E-state index contributed by atoms with van der Waals surface area (Å²) in [5.74, 6) is -1.33. The molecule has 0 radical (unpaired) electrons.